The van der Waals surface area contributed by atoms with Crippen molar-refractivity contribution in [3.63, 3.8) is 0 Å². The molecule has 4 aromatic rings. The second-order valence-corrected chi connectivity index (χ2v) is 9.66. The number of rotatable bonds is 15. The van der Waals surface area contributed by atoms with Crippen molar-refractivity contribution in [1.82, 2.24) is 5.32 Å². The van der Waals surface area contributed by atoms with Crippen LogP contribution in [0.2, 0.25) is 0 Å². The van der Waals surface area contributed by atoms with Gasteiger partial charge in [-0.2, -0.15) is 0 Å². The van der Waals surface area contributed by atoms with Crippen molar-refractivity contribution in [2.24, 2.45) is 0 Å². The molecule has 7 nitrogen and oxygen atoms in total. The van der Waals surface area contributed by atoms with Crippen LogP contribution in [0.15, 0.2) is 109 Å². The van der Waals surface area contributed by atoms with Gasteiger partial charge in [0.05, 0.1) is 6.61 Å². The number of aryl methyl sites for hydroxylation is 1. The molecule has 0 saturated carbocycles. The number of carbonyl (C=O) groups is 3. The van der Waals surface area contributed by atoms with Crippen LogP contribution in [0, 0.1) is 0 Å². The molecule has 0 aliphatic carbocycles. The van der Waals surface area contributed by atoms with Gasteiger partial charge in [-0.15, -0.1) is 0 Å². The molecular weight excluding hydrogens is 516 g/mol. The minimum absolute atomic E-state index is 0.0202. The van der Waals surface area contributed by atoms with E-state index in [2.05, 4.69) is 10.6 Å². The molecule has 4 rings (SSSR count). The standard InChI is InChI=1S/C34H34N2O5/c37-32(21-18-25-10-3-1-4-11-25)35-22-9-23-41-28-19-16-26(17-20-28)24-31(34(39)40)36-30-15-8-7-14-29(30)33(38)27-12-5-2-6-13-27/h1-8,10-17,19-20,31,36H,9,18,21-24H2,(H,35,37)(H,39,40). The van der Waals surface area contributed by atoms with Crippen LogP contribution in [-0.2, 0) is 22.4 Å². The quantitative estimate of drug-likeness (QED) is 0.133. The van der Waals surface area contributed by atoms with Crippen molar-refractivity contribution in [3.05, 3.63) is 131 Å². The number of hydrogen-bond acceptors (Lipinski definition) is 5. The number of ether oxygens (including phenoxy) is 1. The van der Waals surface area contributed by atoms with Gasteiger partial charge in [0.1, 0.15) is 11.8 Å². The van der Waals surface area contributed by atoms with E-state index in [4.69, 9.17) is 4.74 Å². The predicted molar refractivity (Wildman–Crippen MR) is 159 cm³/mol. The first-order valence-electron chi connectivity index (χ1n) is 13.7. The first kappa shape index (κ1) is 29.1. The Morgan fingerprint density at radius 3 is 2.12 bits per heavy atom. The number of aliphatic carboxylic acids is 1. The summed E-state index contributed by atoms with van der Waals surface area (Å²) in [7, 11) is 0. The van der Waals surface area contributed by atoms with Gasteiger partial charge in [0.25, 0.3) is 0 Å². The summed E-state index contributed by atoms with van der Waals surface area (Å²) in [5, 5.41) is 15.9. The Hall–Kier alpha value is -4.91. The number of carboxylic acid groups (broad SMARTS) is 1. The average Bonchev–Trinajstić information content (AvgIpc) is 3.01. The first-order valence-corrected chi connectivity index (χ1v) is 13.7. The zero-order valence-corrected chi connectivity index (χ0v) is 22.8. The summed E-state index contributed by atoms with van der Waals surface area (Å²) in [5.41, 5.74) is 3.38. The fraction of sp³-hybridized carbons (Fsp3) is 0.206. The van der Waals surface area contributed by atoms with Gasteiger partial charge in [-0.25, -0.2) is 4.79 Å². The molecule has 0 fully saturated rings. The van der Waals surface area contributed by atoms with Crippen LogP contribution in [0.4, 0.5) is 5.69 Å². The maximum atomic E-state index is 13.0. The first-order chi connectivity index (χ1) is 20.0. The van der Waals surface area contributed by atoms with Crippen LogP contribution in [-0.4, -0.2) is 42.0 Å². The molecule has 0 heterocycles. The molecule has 0 aliphatic heterocycles. The maximum absolute atomic E-state index is 13.0. The number of para-hydroxylation sites is 1. The van der Waals surface area contributed by atoms with E-state index < -0.39 is 12.0 Å². The summed E-state index contributed by atoms with van der Waals surface area (Å²) in [6, 6.07) is 32.1. The Balaban J connectivity index is 1.24. The van der Waals surface area contributed by atoms with Crippen LogP contribution in [0.25, 0.3) is 0 Å². The second kappa shape index (κ2) is 15.0. The lowest BCUT2D eigenvalue weighted by atomic mass is 10.00. The third-order valence-corrected chi connectivity index (χ3v) is 6.59. The van der Waals surface area contributed by atoms with Gasteiger partial charge in [0, 0.05) is 36.2 Å². The molecular formula is C34H34N2O5. The molecule has 1 unspecified atom stereocenters. The van der Waals surface area contributed by atoms with Gasteiger partial charge in [0.15, 0.2) is 5.78 Å². The third kappa shape index (κ3) is 9.07. The summed E-state index contributed by atoms with van der Waals surface area (Å²) in [6.07, 6.45) is 2.06. The second-order valence-electron chi connectivity index (χ2n) is 9.66. The van der Waals surface area contributed by atoms with Crippen molar-refractivity contribution in [3.8, 4) is 5.75 Å². The number of anilines is 1. The minimum atomic E-state index is -1.02. The molecule has 0 saturated heterocycles. The van der Waals surface area contributed by atoms with E-state index in [-0.39, 0.29) is 18.1 Å². The van der Waals surface area contributed by atoms with Gasteiger partial charge >= 0.3 is 5.97 Å². The smallest absolute Gasteiger partial charge is 0.326 e. The lowest BCUT2D eigenvalue weighted by Crippen LogP contribution is -2.32. The number of nitrogens with one attached hydrogen (secondary N) is 2. The lowest BCUT2D eigenvalue weighted by molar-refractivity contribution is -0.137. The van der Waals surface area contributed by atoms with Crippen molar-refractivity contribution < 1.29 is 24.2 Å². The van der Waals surface area contributed by atoms with Crippen LogP contribution in [0.5, 0.6) is 5.75 Å². The van der Waals surface area contributed by atoms with E-state index >= 15 is 0 Å². The van der Waals surface area contributed by atoms with E-state index in [0.717, 1.165) is 11.1 Å². The molecule has 0 aromatic heterocycles. The van der Waals surface area contributed by atoms with Crippen molar-refractivity contribution in [2.75, 3.05) is 18.5 Å². The summed E-state index contributed by atoms with van der Waals surface area (Å²) in [4.78, 5) is 37.2. The molecule has 0 spiro atoms. The highest BCUT2D eigenvalue weighted by Gasteiger charge is 2.21. The molecule has 4 aromatic carbocycles. The van der Waals surface area contributed by atoms with Crippen LogP contribution < -0.4 is 15.4 Å². The van der Waals surface area contributed by atoms with Crippen LogP contribution >= 0.6 is 0 Å². The minimum Gasteiger partial charge on any atom is -0.494 e. The Morgan fingerprint density at radius 1 is 0.756 bits per heavy atom. The van der Waals surface area contributed by atoms with Crippen molar-refractivity contribution >= 4 is 23.3 Å². The Morgan fingerprint density at radius 2 is 1.41 bits per heavy atom. The number of carboxylic acids is 1. The monoisotopic (exact) mass is 550 g/mol. The average molecular weight is 551 g/mol. The molecule has 1 amide bonds. The topological polar surface area (TPSA) is 105 Å². The normalized spacial score (nSPS) is 11.3. The van der Waals surface area contributed by atoms with Crippen molar-refractivity contribution in [1.29, 1.82) is 0 Å². The fourth-order valence-corrected chi connectivity index (χ4v) is 4.38. The summed E-state index contributed by atoms with van der Waals surface area (Å²) in [6.45, 7) is 0.982. The maximum Gasteiger partial charge on any atom is 0.326 e. The Labute approximate surface area is 240 Å². The Kier molecular flexibility index (Phi) is 10.7. The number of hydrogen-bond donors (Lipinski definition) is 3. The molecule has 0 aliphatic rings. The molecule has 7 heteroatoms. The zero-order chi connectivity index (χ0) is 28.9. The van der Waals surface area contributed by atoms with E-state index in [1.54, 1.807) is 60.7 Å². The van der Waals surface area contributed by atoms with Crippen LogP contribution in [0.1, 0.15) is 39.9 Å². The van der Waals surface area contributed by atoms with Gasteiger partial charge in [0.2, 0.25) is 5.91 Å². The zero-order valence-electron chi connectivity index (χ0n) is 22.8. The van der Waals surface area contributed by atoms with Gasteiger partial charge in [-0.05, 0) is 48.2 Å². The van der Waals surface area contributed by atoms with Gasteiger partial charge < -0.3 is 20.5 Å². The number of ketones is 1. The summed E-state index contributed by atoms with van der Waals surface area (Å²) >= 11 is 0. The van der Waals surface area contributed by atoms with E-state index in [0.29, 0.717) is 55.0 Å². The van der Waals surface area contributed by atoms with E-state index in [1.807, 2.05) is 48.5 Å². The largest absolute Gasteiger partial charge is 0.494 e. The highest BCUT2D eigenvalue weighted by molar-refractivity contribution is 6.12. The lowest BCUT2D eigenvalue weighted by Gasteiger charge is -2.18. The highest BCUT2D eigenvalue weighted by Crippen LogP contribution is 2.22. The molecule has 210 valence electrons. The predicted octanol–water partition coefficient (Wildman–Crippen LogP) is 5.54. The highest BCUT2D eigenvalue weighted by atomic mass is 16.5. The molecule has 0 bridgehead atoms. The molecule has 3 N–H and O–H groups in total. The van der Waals surface area contributed by atoms with Crippen LogP contribution in [0.3, 0.4) is 0 Å². The molecule has 1 atom stereocenters. The van der Waals surface area contributed by atoms with Gasteiger partial charge in [-0.1, -0.05) is 84.9 Å². The SMILES string of the molecule is O=C(CCc1ccccc1)NCCCOc1ccc(CC(Nc2ccccc2C(=O)c2ccccc2)C(=O)O)cc1. The summed E-state index contributed by atoms with van der Waals surface area (Å²) in [5.74, 6) is -0.501. The third-order valence-electron chi connectivity index (χ3n) is 6.59. The van der Waals surface area contributed by atoms with Gasteiger partial charge in [-0.3, -0.25) is 9.59 Å². The summed E-state index contributed by atoms with van der Waals surface area (Å²) < 4.78 is 5.78. The number of benzene rings is 4. The number of amides is 1. The van der Waals surface area contributed by atoms with Crippen molar-refractivity contribution in [2.45, 2.75) is 31.7 Å². The fourth-order valence-electron chi connectivity index (χ4n) is 4.38. The number of carbonyl (C=O) groups excluding carboxylic acids is 2. The Bertz CT molecular complexity index is 1420. The van der Waals surface area contributed by atoms with E-state index in [1.165, 1.54) is 0 Å². The van der Waals surface area contributed by atoms with E-state index in [9.17, 15) is 19.5 Å². The molecule has 41 heavy (non-hydrogen) atoms. The molecule has 0 radical (unpaired) electrons.